The summed E-state index contributed by atoms with van der Waals surface area (Å²) in [7, 11) is 2.04. The number of nitrogens with zero attached hydrogens (tertiary/aromatic N) is 2. The summed E-state index contributed by atoms with van der Waals surface area (Å²) < 4.78 is 0. The molecule has 0 aliphatic carbocycles. The van der Waals surface area contributed by atoms with Gasteiger partial charge in [0.15, 0.2) is 5.78 Å². The number of likely N-dealkylation sites (N-methyl/N-ethyl adjacent to an activating group) is 1. The first-order valence-corrected chi connectivity index (χ1v) is 7.89. The average Bonchev–Trinajstić information content (AvgIpc) is 2.96. The molecule has 0 saturated carbocycles. The molecule has 3 nitrogen and oxygen atoms in total. The Bertz CT molecular complexity index is 435. The number of rotatable bonds is 6. The van der Waals surface area contributed by atoms with Gasteiger partial charge in [0, 0.05) is 28.4 Å². The lowest BCUT2D eigenvalue weighted by atomic mass is 10.1. The number of likely N-dealkylation sites (tertiary alicyclic amines) is 1. The van der Waals surface area contributed by atoms with Crippen molar-refractivity contribution in [1.82, 2.24) is 9.80 Å². The molecule has 106 valence electrons. The van der Waals surface area contributed by atoms with Crippen LogP contribution in [0.1, 0.15) is 33.0 Å². The number of ketones is 1. The minimum Gasteiger partial charge on any atom is -0.302 e. The van der Waals surface area contributed by atoms with E-state index >= 15 is 0 Å². The van der Waals surface area contributed by atoms with Crippen LogP contribution in [-0.2, 0) is 0 Å². The Kier molecular flexibility index (Phi) is 5.13. The number of thiophene rings is 1. The van der Waals surface area contributed by atoms with E-state index in [9.17, 15) is 4.79 Å². The maximum Gasteiger partial charge on any atom is 0.177 e. The molecule has 0 N–H and O–H groups in total. The molecule has 0 spiro atoms. The van der Waals surface area contributed by atoms with Gasteiger partial charge >= 0.3 is 0 Å². The van der Waals surface area contributed by atoms with E-state index in [1.807, 2.05) is 20.0 Å². The van der Waals surface area contributed by atoms with Crippen LogP contribution in [0.2, 0.25) is 0 Å². The highest BCUT2D eigenvalue weighted by molar-refractivity contribution is 7.12. The van der Waals surface area contributed by atoms with E-state index in [1.54, 1.807) is 11.3 Å². The summed E-state index contributed by atoms with van der Waals surface area (Å²) in [5.41, 5.74) is 0.913. The number of aryl methyl sites for hydroxylation is 2. The fourth-order valence-corrected chi connectivity index (χ4v) is 3.58. The molecule has 4 heteroatoms. The van der Waals surface area contributed by atoms with Crippen molar-refractivity contribution in [3.63, 3.8) is 0 Å². The first-order chi connectivity index (χ1) is 9.06. The number of carbonyl (C=O) groups excluding carboxylic acids is 1. The van der Waals surface area contributed by atoms with Crippen molar-refractivity contribution in [3.8, 4) is 0 Å². The topological polar surface area (TPSA) is 23.6 Å². The molecule has 0 unspecified atom stereocenters. The normalized spacial score (nSPS) is 16.4. The van der Waals surface area contributed by atoms with E-state index in [-0.39, 0.29) is 5.78 Å². The molecular formula is C15H24N2OS. The standard InChI is InChI=1S/C15H24N2OS/c1-12-10-14(13(2)19-12)15(18)11-16(3)8-9-17-6-4-5-7-17/h10H,4-9,11H2,1-3H3. The fraction of sp³-hybridized carbons (Fsp3) is 0.667. The van der Waals surface area contributed by atoms with Crippen LogP contribution in [0.4, 0.5) is 0 Å². The Morgan fingerprint density at radius 2 is 2.05 bits per heavy atom. The summed E-state index contributed by atoms with van der Waals surface area (Å²) in [6.45, 7) is 9.15. The summed E-state index contributed by atoms with van der Waals surface area (Å²) in [6, 6.07) is 2.02. The van der Waals surface area contributed by atoms with Gasteiger partial charge in [-0.15, -0.1) is 11.3 Å². The molecule has 19 heavy (non-hydrogen) atoms. The third kappa shape index (κ3) is 4.13. The SMILES string of the molecule is Cc1cc(C(=O)CN(C)CCN2CCCC2)c(C)s1. The Labute approximate surface area is 120 Å². The minimum atomic E-state index is 0.255. The van der Waals surface area contributed by atoms with Crippen LogP contribution in [0.25, 0.3) is 0 Å². The highest BCUT2D eigenvalue weighted by atomic mass is 32.1. The van der Waals surface area contributed by atoms with Gasteiger partial charge in [0.25, 0.3) is 0 Å². The zero-order chi connectivity index (χ0) is 13.8. The van der Waals surface area contributed by atoms with Gasteiger partial charge in [0.2, 0.25) is 0 Å². The Hall–Kier alpha value is -0.710. The highest BCUT2D eigenvalue weighted by Gasteiger charge is 2.16. The summed E-state index contributed by atoms with van der Waals surface area (Å²) in [4.78, 5) is 19.2. The van der Waals surface area contributed by atoms with Crippen molar-refractivity contribution < 1.29 is 4.79 Å². The summed E-state index contributed by atoms with van der Waals surface area (Å²) in [5.74, 6) is 0.255. The predicted octanol–water partition coefficient (Wildman–Crippen LogP) is 2.58. The van der Waals surface area contributed by atoms with Gasteiger partial charge in [0.05, 0.1) is 6.54 Å². The predicted molar refractivity (Wildman–Crippen MR) is 81.3 cm³/mol. The van der Waals surface area contributed by atoms with Crippen molar-refractivity contribution in [3.05, 3.63) is 21.4 Å². The number of Topliss-reactive ketones (excluding diaryl/α,β-unsaturated/α-hetero) is 1. The van der Waals surface area contributed by atoms with E-state index in [0.717, 1.165) is 23.5 Å². The summed E-state index contributed by atoms with van der Waals surface area (Å²) >= 11 is 1.71. The van der Waals surface area contributed by atoms with Gasteiger partial charge in [-0.05, 0) is 52.9 Å². The zero-order valence-electron chi connectivity index (χ0n) is 12.2. The zero-order valence-corrected chi connectivity index (χ0v) is 13.1. The second kappa shape index (κ2) is 6.64. The van der Waals surface area contributed by atoms with Gasteiger partial charge in [0.1, 0.15) is 0 Å². The van der Waals surface area contributed by atoms with Crippen LogP contribution in [0.3, 0.4) is 0 Å². The quantitative estimate of drug-likeness (QED) is 0.748. The van der Waals surface area contributed by atoms with E-state index in [2.05, 4.69) is 16.7 Å². The summed E-state index contributed by atoms with van der Waals surface area (Å²) in [5, 5.41) is 0. The van der Waals surface area contributed by atoms with Crippen molar-refractivity contribution in [1.29, 1.82) is 0 Å². The van der Waals surface area contributed by atoms with Crippen molar-refractivity contribution >= 4 is 17.1 Å². The lowest BCUT2D eigenvalue weighted by Crippen LogP contribution is -2.34. The van der Waals surface area contributed by atoms with E-state index in [1.165, 1.54) is 30.8 Å². The smallest absolute Gasteiger partial charge is 0.177 e. The molecular weight excluding hydrogens is 256 g/mol. The first-order valence-electron chi connectivity index (χ1n) is 7.07. The van der Waals surface area contributed by atoms with Crippen LogP contribution in [0.5, 0.6) is 0 Å². The molecule has 1 aromatic rings. The highest BCUT2D eigenvalue weighted by Crippen LogP contribution is 2.21. The third-order valence-corrected chi connectivity index (χ3v) is 4.72. The van der Waals surface area contributed by atoms with Crippen LogP contribution in [0.15, 0.2) is 6.07 Å². The molecule has 0 atom stereocenters. The van der Waals surface area contributed by atoms with E-state index in [0.29, 0.717) is 6.54 Å². The van der Waals surface area contributed by atoms with Crippen molar-refractivity contribution in [2.75, 3.05) is 39.8 Å². The van der Waals surface area contributed by atoms with E-state index in [4.69, 9.17) is 0 Å². The fourth-order valence-electron chi connectivity index (χ4n) is 2.64. The van der Waals surface area contributed by atoms with Gasteiger partial charge in [-0.2, -0.15) is 0 Å². The lowest BCUT2D eigenvalue weighted by molar-refractivity contribution is 0.0941. The first kappa shape index (κ1) is 14.7. The molecule has 0 aromatic carbocycles. The molecule has 1 aliphatic rings. The van der Waals surface area contributed by atoms with Crippen LogP contribution < -0.4 is 0 Å². The molecule has 0 radical (unpaired) electrons. The maximum atomic E-state index is 12.2. The third-order valence-electron chi connectivity index (χ3n) is 3.75. The van der Waals surface area contributed by atoms with Gasteiger partial charge in [-0.3, -0.25) is 9.69 Å². The van der Waals surface area contributed by atoms with Gasteiger partial charge in [-0.25, -0.2) is 0 Å². The molecule has 2 heterocycles. The molecule has 1 aromatic heterocycles. The molecule has 2 rings (SSSR count). The van der Waals surface area contributed by atoms with Crippen LogP contribution in [0, 0.1) is 13.8 Å². The second-order valence-electron chi connectivity index (χ2n) is 5.54. The molecule has 1 saturated heterocycles. The Morgan fingerprint density at radius 1 is 1.37 bits per heavy atom. The average molecular weight is 280 g/mol. The van der Waals surface area contributed by atoms with Crippen molar-refractivity contribution in [2.45, 2.75) is 26.7 Å². The van der Waals surface area contributed by atoms with E-state index < -0.39 is 0 Å². The van der Waals surface area contributed by atoms with Crippen LogP contribution in [-0.4, -0.2) is 55.4 Å². The molecule has 0 bridgehead atoms. The monoisotopic (exact) mass is 280 g/mol. The van der Waals surface area contributed by atoms with Gasteiger partial charge < -0.3 is 4.90 Å². The number of carbonyl (C=O) groups is 1. The molecule has 0 amide bonds. The minimum absolute atomic E-state index is 0.255. The maximum absolute atomic E-state index is 12.2. The number of hydrogen-bond acceptors (Lipinski definition) is 4. The van der Waals surface area contributed by atoms with Crippen molar-refractivity contribution in [2.24, 2.45) is 0 Å². The second-order valence-corrected chi connectivity index (χ2v) is 7.00. The van der Waals surface area contributed by atoms with Crippen LogP contribution >= 0.6 is 11.3 Å². The Balaban J connectivity index is 1.79. The number of hydrogen-bond donors (Lipinski definition) is 0. The summed E-state index contributed by atoms with van der Waals surface area (Å²) in [6.07, 6.45) is 2.66. The van der Waals surface area contributed by atoms with Gasteiger partial charge in [-0.1, -0.05) is 0 Å². The molecule has 1 fully saturated rings. The lowest BCUT2D eigenvalue weighted by Gasteiger charge is -2.20. The molecule has 1 aliphatic heterocycles. The largest absolute Gasteiger partial charge is 0.302 e. The Morgan fingerprint density at radius 3 is 2.63 bits per heavy atom.